The zero-order valence-corrected chi connectivity index (χ0v) is 12.7. The van der Waals surface area contributed by atoms with E-state index in [2.05, 4.69) is 29.6 Å². The van der Waals surface area contributed by atoms with Gasteiger partial charge in [0.1, 0.15) is 0 Å². The van der Waals surface area contributed by atoms with Gasteiger partial charge in [-0.2, -0.15) is 0 Å². The Hall–Kier alpha value is -1.39. The summed E-state index contributed by atoms with van der Waals surface area (Å²) in [6.07, 6.45) is 3.21. The molecular weight excluding hydrogens is 264 g/mol. The molecule has 1 aromatic rings. The second-order valence-electron chi connectivity index (χ2n) is 5.92. The van der Waals surface area contributed by atoms with Crippen LogP contribution >= 0.6 is 0 Å². The Labute approximate surface area is 126 Å². The molecule has 2 atom stereocenters. The number of amides is 1. The van der Waals surface area contributed by atoms with Gasteiger partial charge < -0.3 is 15.0 Å². The average molecular weight is 288 g/mol. The van der Waals surface area contributed by atoms with Crippen molar-refractivity contribution in [1.82, 2.24) is 10.2 Å². The average Bonchev–Trinajstić information content (AvgIpc) is 3.04. The van der Waals surface area contributed by atoms with Crippen molar-refractivity contribution >= 4 is 5.91 Å². The lowest BCUT2D eigenvalue weighted by Gasteiger charge is -2.31. The number of ether oxygens (including phenoxy) is 1. The molecule has 0 radical (unpaired) electrons. The third-order valence-electron chi connectivity index (χ3n) is 4.52. The van der Waals surface area contributed by atoms with Crippen LogP contribution in [0.4, 0.5) is 0 Å². The Morgan fingerprint density at radius 3 is 2.90 bits per heavy atom. The van der Waals surface area contributed by atoms with Crippen LogP contribution in [0.2, 0.25) is 0 Å². The van der Waals surface area contributed by atoms with Gasteiger partial charge in [-0.25, -0.2) is 0 Å². The third-order valence-corrected chi connectivity index (χ3v) is 4.52. The third kappa shape index (κ3) is 3.27. The van der Waals surface area contributed by atoms with E-state index in [1.54, 1.807) is 0 Å². The lowest BCUT2D eigenvalue weighted by Crippen LogP contribution is -2.51. The summed E-state index contributed by atoms with van der Waals surface area (Å²) in [4.78, 5) is 14.7. The van der Waals surface area contributed by atoms with Gasteiger partial charge in [0.25, 0.3) is 0 Å². The molecule has 0 saturated carbocycles. The number of hydrogen-bond acceptors (Lipinski definition) is 3. The minimum absolute atomic E-state index is 0.0961. The van der Waals surface area contributed by atoms with Crippen molar-refractivity contribution in [3.63, 3.8) is 0 Å². The number of carbonyl (C=O) groups is 1. The maximum absolute atomic E-state index is 12.7. The maximum Gasteiger partial charge on any atom is 0.240 e. The van der Waals surface area contributed by atoms with Crippen LogP contribution < -0.4 is 5.32 Å². The first-order chi connectivity index (χ1) is 10.3. The minimum Gasteiger partial charge on any atom is -0.376 e. The Morgan fingerprint density at radius 2 is 2.19 bits per heavy atom. The summed E-state index contributed by atoms with van der Waals surface area (Å²) in [5.74, 6) is 0.211. The van der Waals surface area contributed by atoms with Gasteiger partial charge in [-0.15, -0.1) is 0 Å². The lowest BCUT2D eigenvalue weighted by molar-refractivity contribution is -0.135. The number of fused-ring (bicyclic) bond motifs is 1. The van der Waals surface area contributed by atoms with Crippen LogP contribution in [0.5, 0.6) is 0 Å². The Morgan fingerprint density at radius 1 is 1.38 bits per heavy atom. The van der Waals surface area contributed by atoms with Gasteiger partial charge in [0.15, 0.2) is 0 Å². The molecule has 1 aromatic carbocycles. The number of benzene rings is 1. The van der Waals surface area contributed by atoms with Crippen LogP contribution in [0.25, 0.3) is 0 Å². The number of hydrogen-bond donors (Lipinski definition) is 1. The Bertz CT molecular complexity index is 497. The molecule has 2 aliphatic heterocycles. The molecule has 1 saturated heterocycles. The molecule has 114 valence electrons. The van der Waals surface area contributed by atoms with Crippen molar-refractivity contribution in [2.45, 2.75) is 44.9 Å². The highest BCUT2D eigenvalue weighted by Gasteiger charge is 2.29. The van der Waals surface area contributed by atoms with E-state index in [9.17, 15) is 4.79 Å². The molecule has 0 aromatic heterocycles. The van der Waals surface area contributed by atoms with Crippen LogP contribution in [0.15, 0.2) is 24.3 Å². The van der Waals surface area contributed by atoms with E-state index >= 15 is 0 Å². The SMILES string of the molecule is CCN(CC1CCCO1)C(=O)C1Cc2ccccc2CN1. The summed E-state index contributed by atoms with van der Waals surface area (Å²) in [7, 11) is 0. The lowest BCUT2D eigenvalue weighted by atomic mass is 9.95. The summed E-state index contributed by atoms with van der Waals surface area (Å²) in [6, 6.07) is 8.27. The highest BCUT2D eigenvalue weighted by molar-refractivity contribution is 5.82. The van der Waals surface area contributed by atoms with E-state index in [0.29, 0.717) is 0 Å². The number of carbonyl (C=O) groups excluding carboxylic acids is 1. The van der Waals surface area contributed by atoms with E-state index in [1.807, 2.05) is 11.8 Å². The monoisotopic (exact) mass is 288 g/mol. The van der Waals surface area contributed by atoms with Crippen molar-refractivity contribution in [2.24, 2.45) is 0 Å². The van der Waals surface area contributed by atoms with Gasteiger partial charge in [0.2, 0.25) is 5.91 Å². The first kappa shape index (κ1) is 14.5. The van der Waals surface area contributed by atoms with Gasteiger partial charge in [0, 0.05) is 26.2 Å². The van der Waals surface area contributed by atoms with Crippen LogP contribution in [-0.2, 0) is 22.5 Å². The first-order valence-electron chi connectivity index (χ1n) is 7.98. The molecule has 3 rings (SSSR count). The molecule has 21 heavy (non-hydrogen) atoms. The summed E-state index contributed by atoms with van der Waals surface area (Å²) < 4.78 is 5.66. The highest BCUT2D eigenvalue weighted by Crippen LogP contribution is 2.19. The van der Waals surface area contributed by atoms with Crippen molar-refractivity contribution < 1.29 is 9.53 Å². The van der Waals surface area contributed by atoms with Crippen LogP contribution in [0.3, 0.4) is 0 Å². The zero-order valence-electron chi connectivity index (χ0n) is 12.7. The molecule has 1 fully saturated rings. The van der Waals surface area contributed by atoms with Crippen molar-refractivity contribution in [3.05, 3.63) is 35.4 Å². The molecule has 0 spiro atoms. The van der Waals surface area contributed by atoms with E-state index in [-0.39, 0.29) is 18.1 Å². The van der Waals surface area contributed by atoms with E-state index in [1.165, 1.54) is 11.1 Å². The summed E-state index contributed by atoms with van der Waals surface area (Å²) in [6.45, 7) is 5.15. The second kappa shape index (κ2) is 6.58. The quantitative estimate of drug-likeness (QED) is 0.917. The first-order valence-corrected chi connectivity index (χ1v) is 7.98. The Kier molecular flexibility index (Phi) is 4.56. The fourth-order valence-corrected chi connectivity index (χ4v) is 3.26. The van der Waals surface area contributed by atoms with Crippen LogP contribution in [0, 0.1) is 0 Å². The van der Waals surface area contributed by atoms with E-state index in [0.717, 1.165) is 45.5 Å². The molecule has 0 bridgehead atoms. The number of rotatable bonds is 4. The van der Waals surface area contributed by atoms with Gasteiger partial charge in [-0.05, 0) is 37.3 Å². The van der Waals surface area contributed by atoms with Gasteiger partial charge in [-0.1, -0.05) is 24.3 Å². The molecule has 1 N–H and O–H groups in total. The fourth-order valence-electron chi connectivity index (χ4n) is 3.26. The predicted octanol–water partition coefficient (Wildman–Crippen LogP) is 1.73. The Balaban J connectivity index is 1.64. The van der Waals surface area contributed by atoms with Crippen molar-refractivity contribution in [1.29, 1.82) is 0 Å². The molecule has 1 amide bonds. The van der Waals surface area contributed by atoms with Crippen LogP contribution in [0.1, 0.15) is 30.9 Å². The second-order valence-corrected chi connectivity index (χ2v) is 5.92. The van der Waals surface area contributed by atoms with Gasteiger partial charge in [-0.3, -0.25) is 4.79 Å². The number of likely N-dealkylation sites (N-methyl/N-ethyl adjacent to an activating group) is 1. The number of nitrogens with zero attached hydrogens (tertiary/aromatic N) is 1. The summed E-state index contributed by atoms with van der Waals surface area (Å²) in [5.41, 5.74) is 2.60. The number of nitrogens with one attached hydrogen (secondary N) is 1. The summed E-state index contributed by atoms with van der Waals surface area (Å²) in [5, 5.41) is 3.38. The predicted molar refractivity (Wildman–Crippen MR) is 82.0 cm³/mol. The zero-order chi connectivity index (χ0) is 14.7. The standard InChI is InChI=1S/C17H24N2O2/c1-2-19(12-15-8-5-9-21-15)17(20)16-10-13-6-3-4-7-14(13)11-18-16/h3-4,6-7,15-16,18H,2,5,8-12H2,1H3. The molecule has 4 nitrogen and oxygen atoms in total. The molecule has 2 heterocycles. The maximum atomic E-state index is 12.7. The largest absolute Gasteiger partial charge is 0.376 e. The molecule has 2 aliphatic rings. The molecule has 2 unspecified atom stereocenters. The minimum atomic E-state index is -0.0961. The van der Waals surface area contributed by atoms with Gasteiger partial charge >= 0.3 is 0 Å². The molecule has 4 heteroatoms. The van der Waals surface area contributed by atoms with Crippen LogP contribution in [-0.4, -0.2) is 42.6 Å². The molecular formula is C17H24N2O2. The molecule has 0 aliphatic carbocycles. The fraction of sp³-hybridized carbons (Fsp3) is 0.588. The topological polar surface area (TPSA) is 41.6 Å². The van der Waals surface area contributed by atoms with E-state index < -0.39 is 0 Å². The normalized spacial score (nSPS) is 24.6. The van der Waals surface area contributed by atoms with Crippen molar-refractivity contribution in [2.75, 3.05) is 19.7 Å². The highest BCUT2D eigenvalue weighted by atomic mass is 16.5. The smallest absolute Gasteiger partial charge is 0.240 e. The summed E-state index contributed by atoms with van der Waals surface area (Å²) >= 11 is 0. The van der Waals surface area contributed by atoms with Gasteiger partial charge in [0.05, 0.1) is 12.1 Å². The van der Waals surface area contributed by atoms with E-state index in [4.69, 9.17) is 4.74 Å². The van der Waals surface area contributed by atoms with Crippen molar-refractivity contribution in [3.8, 4) is 0 Å².